The van der Waals surface area contributed by atoms with Gasteiger partial charge in [-0.05, 0) is 34.5 Å². The van der Waals surface area contributed by atoms with Crippen molar-refractivity contribution in [2.75, 3.05) is 0 Å². The lowest BCUT2D eigenvalue weighted by molar-refractivity contribution is 0.236. The first-order valence-electron chi connectivity index (χ1n) is 4.82. The second kappa shape index (κ2) is 5.01. The fourth-order valence-corrected chi connectivity index (χ4v) is 2.86. The summed E-state index contributed by atoms with van der Waals surface area (Å²) in [6, 6.07) is 4.59. The Morgan fingerprint density at radius 2 is 2.18 bits per heavy atom. The lowest BCUT2D eigenvalue weighted by atomic mass is 10.4. The molecule has 0 aliphatic heterocycles. The summed E-state index contributed by atoms with van der Waals surface area (Å²) in [5, 5.41) is 12.3. The highest BCUT2D eigenvalue weighted by molar-refractivity contribution is 7.89. The predicted octanol–water partition coefficient (Wildman–Crippen LogP) is 1.31. The van der Waals surface area contributed by atoms with Crippen LogP contribution in [0.2, 0.25) is 0 Å². The molecular formula is C10H11NO4S2. The van der Waals surface area contributed by atoms with Crippen LogP contribution in [0.4, 0.5) is 0 Å². The fraction of sp³-hybridized carbons (Fsp3) is 0.200. The van der Waals surface area contributed by atoms with Crippen LogP contribution in [-0.2, 0) is 23.2 Å². The average molecular weight is 273 g/mol. The summed E-state index contributed by atoms with van der Waals surface area (Å²) in [4.78, 5) is 0. The van der Waals surface area contributed by atoms with Gasteiger partial charge in [-0.1, -0.05) is 0 Å². The SMILES string of the molecule is O=S(=O)(NCc1ccsc1)c1ccc(CO)o1. The first-order valence-corrected chi connectivity index (χ1v) is 7.25. The Balaban J connectivity index is 2.08. The second-order valence-electron chi connectivity index (χ2n) is 3.34. The van der Waals surface area contributed by atoms with Crippen LogP contribution in [0.25, 0.3) is 0 Å². The van der Waals surface area contributed by atoms with Crippen molar-refractivity contribution in [2.24, 2.45) is 0 Å². The zero-order valence-electron chi connectivity index (χ0n) is 8.79. The number of sulfonamides is 1. The number of aliphatic hydroxyl groups excluding tert-OH is 1. The van der Waals surface area contributed by atoms with Crippen molar-refractivity contribution in [3.8, 4) is 0 Å². The Kier molecular flexibility index (Phi) is 3.63. The van der Waals surface area contributed by atoms with Crippen LogP contribution in [0.5, 0.6) is 0 Å². The summed E-state index contributed by atoms with van der Waals surface area (Å²) < 4.78 is 30.9. The van der Waals surface area contributed by atoms with Crippen LogP contribution in [0, 0.1) is 0 Å². The Morgan fingerprint density at radius 3 is 2.76 bits per heavy atom. The van der Waals surface area contributed by atoms with Crippen LogP contribution < -0.4 is 4.72 Å². The Labute approximate surface area is 103 Å². The molecule has 0 aliphatic carbocycles. The maximum absolute atomic E-state index is 11.8. The van der Waals surface area contributed by atoms with E-state index in [1.165, 1.54) is 23.5 Å². The molecule has 92 valence electrons. The van der Waals surface area contributed by atoms with E-state index in [1.807, 2.05) is 16.8 Å². The summed E-state index contributed by atoms with van der Waals surface area (Å²) in [5.41, 5.74) is 0.896. The molecule has 0 saturated heterocycles. The third-order valence-electron chi connectivity index (χ3n) is 2.10. The van der Waals surface area contributed by atoms with Crippen molar-refractivity contribution in [1.82, 2.24) is 4.72 Å². The van der Waals surface area contributed by atoms with E-state index in [4.69, 9.17) is 9.52 Å². The largest absolute Gasteiger partial charge is 0.446 e. The molecule has 2 heterocycles. The number of rotatable bonds is 5. The zero-order valence-corrected chi connectivity index (χ0v) is 10.4. The number of hydrogen-bond acceptors (Lipinski definition) is 5. The van der Waals surface area contributed by atoms with Gasteiger partial charge in [0.2, 0.25) is 5.09 Å². The summed E-state index contributed by atoms with van der Waals surface area (Å²) in [6.45, 7) is -0.0962. The number of furan rings is 1. The van der Waals surface area contributed by atoms with Crippen LogP contribution in [0.1, 0.15) is 11.3 Å². The predicted molar refractivity (Wildman–Crippen MR) is 63.0 cm³/mol. The molecule has 0 atom stereocenters. The van der Waals surface area contributed by atoms with Crippen molar-refractivity contribution in [3.05, 3.63) is 40.3 Å². The van der Waals surface area contributed by atoms with Crippen LogP contribution >= 0.6 is 11.3 Å². The van der Waals surface area contributed by atoms with Crippen molar-refractivity contribution < 1.29 is 17.9 Å². The van der Waals surface area contributed by atoms with Gasteiger partial charge in [0.1, 0.15) is 12.4 Å². The second-order valence-corrected chi connectivity index (χ2v) is 5.81. The number of thiophene rings is 1. The number of aliphatic hydroxyl groups is 1. The molecule has 2 N–H and O–H groups in total. The minimum absolute atomic E-state index is 0.184. The molecule has 0 aromatic carbocycles. The maximum atomic E-state index is 11.8. The standard InChI is InChI=1S/C10H11NO4S2/c12-6-9-1-2-10(15-9)17(13,14)11-5-8-3-4-16-7-8/h1-4,7,11-12H,5-6H2. The Hall–Kier alpha value is -1.15. The van der Waals surface area contributed by atoms with Crippen molar-refractivity contribution in [3.63, 3.8) is 0 Å². The highest BCUT2D eigenvalue weighted by Crippen LogP contribution is 2.14. The van der Waals surface area contributed by atoms with Gasteiger partial charge in [-0.3, -0.25) is 0 Å². The molecule has 5 nitrogen and oxygen atoms in total. The molecule has 0 aliphatic rings. The fourth-order valence-electron chi connectivity index (χ4n) is 1.23. The highest BCUT2D eigenvalue weighted by atomic mass is 32.2. The summed E-state index contributed by atoms with van der Waals surface area (Å²) in [5.74, 6) is 0.223. The smallest absolute Gasteiger partial charge is 0.274 e. The van der Waals surface area contributed by atoms with E-state index in [-0.39, 0.29) is 24.0 Å². The van der Waals surface area contributed by atoms with Gasteiger partial charge in [0.25, 0.3) is 10.0 Å². The molecule has 2 aromatic heterocycles. The zero-order chi connectivity index (χ0) is 12.3. The Morgan fingerprint density at radius 1 is 1.35 bits per heavy atom. The highest BCUT2D eigenvalue weighted by Gasteiger charge is 2.18. The summed E-state index contributed by atoms with van der Waals surface area (Å²) in [7, 11) is -3.65. The van der Waals surface area contributed by atoms with E-state index >= 15 is 0 Å². The molecule has 17 heavy (non-hydrogen) atoms. The monoisotopic (exact) mass is 273 g/mol. The van der Waals surface area contributed by atoms with E-state index in [2.05, 4.69) is 4.72 Å². The lowest BCUT2D eigenvalue weighted by Gasteiger charge is -2.02. The van der Waals surface area contributed by atoms with Crippen LogP contribution in [0.3, 0.4) is 0 Å². The molecule has 0 spiro atoms. The van der Waals surface area contributed by atoms with Gasteiger partial charge >= 0.3 is 0 Å². The maximum Gasteiger partial charge on any atom is 0.274 e. The van der Waals surface area contributed by atoms with Crippen molar-refractivity contribution in [1.29, 1.82) is 0 Å². The third-order valence-corrected chi connectivity index (χ3v) is 4.11. The first kappa shape index (κ1) is 12.3. The van der Waals surface area contributed by atoms with Gasteiger partial charge in [0, 0.05) is 6.54 Å². The minimum Gasteiger partial charge on any atom is -0.446 e. The number of hydrogen-bond donors (Lipinski definition) is 2. The van der Waals surface area contributed by atoms with Gasteiger partial charge in [-0.25, -0.2) is 13.1 Å². The molecular weight excluding hydrogens is 262 g/mol. The molecule has 7 heteroatoms. The van der Waals surface area contributed by atoms with E-state index in [0.717, 1.165) is 5.56 Å². The van der Waals surface area contributed by atoms with Gasteiger partial charge < -0.3 is 9.52 Å². The van der Waals surface area contributed by atoms with E-state index < -0.39 is 10.0 Å². The van der Waals surface area contributed by atoms with Crippen LogP contribution in [0.15, 0.2) is 38.5 Å². The normalized spacial score (nSPS) is 11.8. The molecule has 0 saturated carbocycles. The van der Waals surface area contributed by atoms with E-state index in [0.29, 0.717) is 0 Å². The molecule has 0 fully saturated rings. The third kappa shape index (κ3) is 2.95. The average Bonchev–Trinajstić information content (AvgIpc) is 2.98. The molecule has 0 unspecified atom stereocenters. The van der Waals surface area contributed by atoms with Crippen LogP contribution in [-0.4, -0.2) is 13.5 Å². The molecule has 0 amide bonds. The van der Waals surface area contributed by atoms with Gasteiger partial charge in [-0.15, -0.1) is 0 Å². The van der Waals surface area contributed by atoms with Crippen molar-refractivity contribution >= 4 is 21.4 Å². The minimum atomic E-state index is -3.65. The molecule has 2 aromatic rings. The first-order chi connectivity index (χ1) is 8.12. The summed E-state index contributed by atoms with van der Waals surface area (Å²) in [6.07, 6.45) is 0. The van der Waals surface area contributed by atoms with E-state index in [9.17, 15) is 8.42 Å². The van der Waals surface area contributed by atoms with Gasteiger partial charge in [-0.2, -0.15) is 11.3 Å². The van der Waals surface area contributed by atoms with Gasteiger partial charge in [0.05, 0.1) is 0 Å². The number of nitrogens with one attached hydrogen (secondary N) is 1. The molecule has 0 radical (unpaired) electrons. The lowest BCUT2D eigenvalue weighted by Crippen LogP contribution is -2.22. The topological polar surface area (TPSA) is 79.5 Å². The quantitative estimate of drug-likeness (QED) is 0.861. The Bertz CT molecular complexity index is 571. The molecule has 0 bridgehead atoms. The van der Waals surface area contributed by atoms with E-state index in [1.54, 1.807) is 0 Å². The molecule has 2 rings (SSSR count). The van der Waals surface area contributed by atoms with Gasteiger partial charge in [0.15, 0.2) is 0 Å². The summed E-state index contributed by atoms with van der Waals surface area (Å²) >= 11 is 1.50. The van der Waals surface area contributed by atoms with Crippen molar-refractivity contribution in [2.45, 2.75) is 18.2 Å².